The van der Waals surface area contributed by atoms with Gasteiger partial charge in [0, 0.05) is 37.9 Å². The lowest BCUT2D eigenvalue weighted by atomic mass is 10.0. The molecule has 2 unspecified atom stereocenters. The summed E-state index contributed by atoms with van der Waals surface area (Å²) in [5.41, 5.74) is 8.48. The van der Waals surface area contributed by atoms with Crippen LogP contribution in [0, 0.1) is 12.8 Å². The van der Waals surface area contributed by atoms with Crippen molar-refractivity contribution in [1.82, 2.24) is 4.90 Å². The van der Waals surface area contributed by atoms with Crippen LogP contribution in [-0.2, 0) is 0 Å². The first kappa shape index (κ1) is 14.4. The molecule has 19 heavy (non-hydrogen) atoms. The predicted molar refractivity (Wildman–Crippen MR) is 82.6 cm³/mol. The molecule has 0 spiro atoms. The molecule has 1 heterocycles. The molecule has 0 radical (unpaired) electrons. The summed E-state index contributed by atoms with van der Waals surface area (Å²) in [4.78, 5) is 5.06. The van der Waals surface area contributed by atoms with Gasteiger partial charge in [-0.3, -0.25) is 4.90 Å². The number of anilines is 1. The Labute approximate surface area is 117 Å². The van der Waals surface area contributed by atoms with Gasteiger partial charge in [0.05, 0.1) is 0 Å². The minimum Gasteiger partial charge on any atom is -0.369 e. The summed E-state index contributed by atoms with van der Waals surface area (Å²) in [6.07, 6.45) is 0. The van der Waals surface area contributed by atoms with E-state index in [1.807, 2.05) is 0 Å². The Morgan fingerprint density at radius 3 is 2.42 bits per heavy atom. The van der Waals surface area contributed by atoms with Gasteiger partial charge in [-0.1, -0.05) is 19.1 Å². The SMILES string of the molecule is Cc1cccc(N2CCN(C(C)C(C)CN)CC2)c1. The van der Waals surface area contributed by atoms with Gasteiger partial charge in [0.15, 0.2) is 0 Å². The third kappa shape index (κ3) is 3.48. The predicted octanol–water partition coefficient (Wildman–Crippen LogP) is 2.10. The summed E-state index contributed by atoms with van der Waals surface area (Å²) in [7, 11) is 0. The highest BCUT2D eigenvalue weighted by molar-refractivity contribution is 5.48. The number of benzene rings is 1. The molecule has 106 valence electrons. The second kappa shape index (κ2) is 6.40. The van der Waals surface area contributed by atoms with Crippen molar-refractivity contribution in [2.24, 2.45) is 11.7 Å². The van der Waals surface area contributed by atoms with E-state index >= 15 is 0 Å². The Morgan fingerprint density at radius 1 is 1.16 bits per heavy atom. The van der Waals surface area contributed by atoms with Crippen LogP contribution in [0.4, 0.5) is 5.69 Å². The maximum Gasteiger partial charge on any atom is 0.0369 e. The highest BCUT2D eigenvalue weighted by atomic mass is 15.3. The van der Waals surface area contributed by atoms with E-state index < -0.39 is 0 Å². The van der Waals surface area contributed by atoms with Crippen LogP contribution in [-0.4, -0.2) is 43.7 Å². The first-order valence-corrected chi connectivity index (χ1v) is 7.37. The Balaban J connectivity index is 1.92. The van der Waals surface area contributed by atoms with Crippen LogP contribution < -0.4 is 10.6 Å². The van der Waals surface area contributed by atoms with Crippen LogP contribution in [0.25, 0.3) is 0 Å². The lowest BCUT2D eigenvalue weighted by Gasteiger charge is -2.41. The van der Waals surface area contributed by atoms with Crippen molar-refractivity contribution >= 4 is 5.69 Å². The van der Waals surface area contributed by atoms with Gasteiger partial charge in [0.2, 0.25) is 0 Å². The smallest absolute Gasteiger partial charge is 0.0369 e. The highest BCUT2D eigenvalue weighted by Crippen LogP contribution is 2.19. The van der Waals surface area contributed by atoms with Crippen LogP contribution >= 0.6 is 0 Å². The van der Waals surface area contributed by atoms with E-state index in [1.165, 1.54) is 11.3 Å². The number of piperazine rings is 1. The Kier molecular flexibility index (Phi) is 4.83. The summed E-state index contributed by atoms with van der Waals surface area (Å²) >= 11 is 0. The average molecular weight is 261 g/mol. The molecule has 0 bridgehead atoms. The van der Waals surface area contributed by atoms with E-state index in [1.54, 1.807) is 0 Å². The maximum absolute atomic E-state index is 5.78. The number of hydrogen-bond donors (Lipinski definition) is 1. The summed E-state index contributed by atoms with van der Waals surface area (Å²) < 4.78 is 0. The molecule has 2 atom stereocenters. The molecule has 0 amide bonds. The second-order valence-electron chi connectivity index (χ2n) is 5.82. The molecule has 1 aromatic carbocycles. The topological polar surface area (TPSA) is 32.5 Å². The molecule has 1 saturated heterocycles. The molecular formula is C16H27N3. The van der Waals surface area contributed by atoms with Gasteiger partial charge in [-0.15, -0.1) is 0 Å². The molecule has 2 N–H and O–H groups in total. The molecule has 0 saturated carbocycles. The van der Waals surface area contributed by atoms with Crippen molar-refractivity contribution in [1.29, 1.82) is 0 Å². The largest absolute Gasteiger partial charge is 0.369 e. The van der Waals surface area contributed by atoms with Crippen LogP contribution in [0.1, 0.15) is 19.4 Å². The average Bonchev–Trinajstić information content (AvgIpc) is 2.46. The van der Waals surface area contributed by atoms with Crippen LogP contribution in [0.15, 0.2) is 24.3 Å². The zero-order valence-electron chi connectivity index (χ0n) is 12.5. The van der Waals surface area contributed by atoms with Gasteiger partial charge < -0.3 is 10.6 Å². The molecule has 1 fully saturated rings. The lowest BCUT2D eigenvalue weighted by molar-refractivity contribution is 0.155. The van der Waals surface area contributed by atoms with Crippen LogP contribution in [0.5, 0.6) is 0 Å². The van der Waals surface area contributed by atoms with E-state index in [4.69, 9.17) is 5.73 Å². The number of aryl methyl sites for hydroxylation is 1. The summed E-state index contributed by atoms with van der Waals surface area (Å²) in [5.74, 6) is 0.575. The minimum absolute atomic E-state index is 0.575. The van der Waals surface area contributed by atoms with E-state index in [0.29, 0.717) is 12.0 Å². The maximum atomic E-state index is 5.78. The van der Waals surface area contributed by atoms with E-state index in [0.717, 1.165) is 32.7 Å². The number of nitrogens with two attached hydrogens (primary N) is 1. The fourth-order valence-electron chi connectivity index (χ4n) is 2.77. The Hall–Kier alpha value is -1.06. The van der Waals surface area contributed by atoms with Crippen LogP contribution in [0.3, 0.4) is 0 Å². The molecule has 0 aromatic heterocycles. The van der Waals surface area contributed by atoms with Gasteiger partial charge in [0.1, 0.15) is 0 Å². The first-order valence-electron chi connectivity index (χ1n) is 7.37. The van der Waals surface area contributed by atoms with E-state index in [-0.39, 0.29) is 0 Å². The quantitative estimate of drug-likeness (QED) is 0.901. The molecule has 3 nitrogen and oxygen atoms in total. The Morgan fingerprint density at radius 2 is 1.84 bits per heavy atom. The third-order valence-corrected chi connectivity index (χ3v) is 4.45. The van der Waals surface area contributed by atoms with Gasteiger partial charge in [-0.25, -0.2) is 0 Å². The highest BCUT2D eigenvalue weighted by Gasteiger charge is 2.23. The lowest BCUT2D eigenvalue weighted by Crippen LogP contribution is -2.52. The van der Waals surface area contributed by atoms with Crippen molar-refractivity contribution in [3.63, 3.8) is 0 Å². The molecule has 1 aliphatic rings. The number of hydrogen-bond acceptors (Lipinski definition) is 3. The normalized spacial score (nSPS) is 20.3. The van der Waals surface area contributed by atoms with Crippen LogP contribution in [0.2, 0.25) is 0 Å². The molecule has 1 aliphatic heterocycles. The van der Waals surface area contributed by atoms with Gasteiger partial charge in [0.25, 0.3) is 0 Å². The van der Waals surface area contributed by atoms with Crippen molar-refractivity contribution in [3.05, 3.63) is 29.8 Å². The van der Waals surface area contributed by atoms with E-state index in [2.05, 4.69) is 54.8 Å². The summed E-state index contributed by atoms with van der Waals surface area (Å²) in [5, 5.41) is 0. The summed E-state index contributed by atoms with van der Waals surface area (Å²) in [6, 6.07) is 9.39. The van der Waals surface area contributed by atoms with Gasteiger partial charge >= 0.3 is 0 Å². The molecule has 3 heteroatoms. The third-order valence-electron chi connectivity index (χ3n) is 4.45. The fraction of sp³-hybridized carbons (Fsp3) is 0.625. The van der Waals surface area contributed by atoms with E-state index in [9.17, 15) is 0 Å². The zero-order chi connectivity index (χ0) is 13.8. The molecular weight excluding hydrogens is 234 g/mol. The van der Waals surface area contributed by atoms with Crippen molar-refractivity contribution < 1.29 is 0 Å². The second-order valence-corrected chi connectivity index (χ2v) is 5.82. The van der Waals surface area contributed by atoms with Crippen molar-refractivity contribution in [3.8, 4) is 0 Å². The van der Waals surface area contributed by atoms with Crippen molar-refractivity contribution in [2.75, 3.05) is 37.6 Å². The zero-order valence-corrected chi connectivity index (χ0v) is 12.5. The first-order chi connectivity index (χ1) is 9.11. The minimum atomic E-state index is 0.575. The molecule has 2 rings (SSSR count). The summed E-state index contributed by atoms with van der Waals surface area (Å²) in [6.45, 7) is 12.0. The number of nitrogens with zero attached hydrogens (tertiary/aromatic N) is 2. The standard InChI is InChI=1S/C16H27N3/c1-13-5-4-6-16(11-13)19-9-7-18(8-10-19)15(3)14(2)12-17/h4-6,11,14-15H,7-10,12,17H2,1-3H3. The number of rotatable bonds is 4. The fourth-order valence-corrected chi connectivity index (χ4v) is 2.77. The molecule has 0 aliphatic carbocycles. The van der Waals surface area contributed by atoms with Gasteiger partial charge in [-0.05, 0) is 44.0 Å². The molecule has 1 aromatic rings. The Bertz CT molecular complexity index is 397. The van der Waals surface area contributed by atoms with Gasteiger partial charge in [-0.2, -0.15) is 0 Å². The monoisotopic (exact) mass is 261 g/mol. The van der Waals surface area contributed by atoms with Crippen molar-refractivity contribution in [2.45, 2.75) is 26.8 Å².